The maximum atomic E-state index is 6.52. The molecule has 0 fully saturated rings. The molecule has 0 N–H and O–H groups in total. The smallest absolute Gasteiger partial charge is 0.122 e. The van der Waals surface area contributed by atoms with Crippen molar-refractivity contribution < 1.29 is 4.74 Å². The van der Waals surface area contributed by atoms with Gasteiger partial charge in [0, 0.05) is 8.95 Å². The first-order chi connectivity index (χ1) is 9.10. The van der Waals surface area contributed by atoms with Gasteiger partial charge in [0.05, 0.1) is 12.5 Å². The van der Waals surface area contributed by atoms with E-state index in [0.717, 1.165) is 32.2 Å². The summed E-state index contributed by atoms with van der Waals surface area (Å²) in [5.74, 6) is 0.877. The van der Waals surface area contributed by atoms with Gasteiger partial charge in [-0.05, 0) is 41.8 Å². The number of benzene rings is 2. The Hall–Kier alpha value is -0.510. The minimum atomic E-state index is -0.0925. The standard InChI is InChI=1S/C15H13Br2ClO/c1-19-15-5-3-2-4-10(15)8-14(18)11-6-12(16)9-13(17)7-11/h2-7,9,14H,8H2,1H3. The fourth-order valence-electron chi connectivity index (χ4n) is 1.94. The van der Waals surface area contributed by atoms with E-state index in [4.69, 9.17) is 16.3 Å². The van der Waals surface area contributed by atoms with Crippen LogP contribution in [0, 0.1) is 0 Å². The van der Waals surface area contributed by atoms with Crippen molar-refractivity contribution in [1.82, 2.24) is 0 Å². The number of rotatable bonds is 4. The molecule has 2 rings (SSSR count). The van der Waals surface area contributed by atoms with E-state index in [9.17, 15) is 0 Å². The number of methoxy groups -OCH3 is 1. The van der Waals surface area contributed by atoms with Crippen LogP contribution in [-0.2, 0) is 6.42 Å². The van der Waals surface area contributed by atoms with Crippen molar-refractivity contribution in [2.24, 2.45) is 0 Å². The molecule has 0 aromatic heterocycles. The minimum absolute atomic E-state index is 0.0925. The van der Waals surface area contributed by atoms with Crippen LogP contribution in [0.25, 0.3) is 0 Å². The van der Waals surface area contributed by atoms with Gasteiger partial charge in [-0.2, -0.15) is 0 Å². The summed E-state index contributed by atoms with van der Waals surface area (Å²) in [6, 6.07) is 14.0. The van der Waals surface area contributed by atoms with Crippen molar-refractivity contribution in [3.63, 3.8) is 0 Å². The summed E-state index contributed by atoms with van der Waals surface area (Å²) in [4.78, 5) is 0. The summed E-state index contributed by atoms with van der Waals surface area (Å²) in [6.45, 7) is 0. The third kappa shape index (κ3) is 3.98. The molecule has 100 valence electrons. The van der Waals surface area contributed by atoms with Crippen LogP contribution in [0.4, 0.5) is 0 Å². The Morgan fingerprint density at radius 2 is 1.74 bits per heavy atom. The molecule has 0 aliphatic rings. The average molecular weight is 405 g/mol. The Morgan fingerprint density at radius 1 is 1.11 bits per heavy atom. The molecule has 0 radical (unpaired) electrons. The van der Waals surface area contributed by atoms with Crippen LogP contribution >= 0.6 is 43.5 Å². The average Bonchev–Trinajstić information content (AvgIpc) is 2.38. The minimum Gasteiger partial charge on any atom is -0.496 e. The van der Waals surface area contributed by atoms with Crippen molar-refractivity contribution in [2.75, 3.05) is 7.11 Å². The number of para-hydroxylation sites is 1. The zero-order valence-electron chi connectivity index (χ0n) is 10.4. The maximum Gasteiger partial charge on any atom is 0.122 e. The van der Waals surface area contributed by atoms with Gasteiger partial charge in [-0.25, -0.2) is 0 Å². The van der Waals surface area contributed by atoms with Crippen LogP contribution in [0.15, 0.2) is 51.4 Å². The molecule has 1 atom stereocenters. The van der Waals surface area contributed by atoms with Crippen LogP contribution in [-0.4, -0.2) is 7.11 Å². The zero-order valence-corrected chi connectivity index (χ0v) is 14.3. The quantitative estimate of drug-likeness (QED) is 0.590. The van der Waals surface area contributed by atoms with Crippen molar-refractivity contribution >= 4 is 43.5 Å². The molecule has 0 amide bonds. The van der Waals surface area contributed by atoms with Gasteiger partial charge in [0.15, 0.2) is 0 Å². The third-order valence-corrected chi connectivity index (χ3v) is 4.16. The lowest BCUT2D eigenvalue weighted by atomic mass is 10.0. The van der Waals surface area contributed by atoms with Crippen LogP contribution in [0.1, 0.15) is 16.5 Å². The van der Waals surface area contributed by atoms with Gasteiger partial charge in [0.2, 0.25) is 0 Å². The van der Waals surface area contributed by atoms with E-state index < -0.39 is 0 Å². The van der Waals surface area contributed by atoms with Crippen LogP contribution in [0.2, 0.25) is 0 Å². The van der Waals surface area contributed by atoms with Crippen LogP contribution < -0.4 is 4.74 Å². The predicted octanol–water partition coefficient (Wildman–Crippen LogP) is 5.74. The molecule has 4 heteroatoms. The monoisotopic (exact) mass is 402 g/mol. The van der Waals surface area contributed by atoms with Crippen molar-refractivity contribution in [3.8, 4) is 5.75 Å². The van der Waals surface area contributed by atoms with Gasteiger partial charge in [-0.15, -0.1) is 11.6 Å². The summed E-state index contributed by atoms with van der Waals surface area (Å²) in [7, 11) is 1.68. The first kappa shape index (κ1) is 14.9. The fraction of sp³-hybridized carbons (Fsp3) is 0.200. The number of ether oxygens (including phenoxy) is 1. The number of hydrogen-bond donors (Lipinski definition) is 0. The second-order valence-corrected chi connectivity index (χ2v) is 6.54. The lowest BCUT2D eigenvalue weighted by Gasteiger charge is -2.13. The van der Waals surface area contributed by atoms with Crippen molar-refractivity contribution in [2.45, 2.75) is 11.8 Å². The highest BCUT2D eigenvalue weighted by Gasteiger charge is 2.13. The fourth-order valence-corrected chi connectivity index (χ4v) is 3.56. The SMILES string of the molecule is COc1ccccc1CC(Cl)c1cc(Br)cc(Br)c1. The first-order valence-electron chi connectivity index (χ1n) is 5.82. The molecule has 2 aromatic rings. The predicted molar refractivity (Wildman–Crippen MR) is 87.1 cm³/mol. The topological polar surface area (TPSA) is 9.23 Å². The molecule has 0 spiro atoms. The Balaban J connectivity index is 2.22. The molecule has 2 aromatic carbocycles. The molecule has 0 saturated carbocycles. The van der Waals surface area contributed by atoms with E-state index in [1.807, 2.05) is 42.5 Å². The molecular formula is C15H13Br2ClO. The Bertz CT molecular complexity index is 552. The first-order valence-corrected chi connectivity index (χ1v) is 7.84. The normalized spacial score (nSPS) is 12.2. The molecule has 0 saturated heterocycles. The summed E-state index contributed by atoms with van der Waals surface area (Å²) in [6.07, 6.45) is 0.731. The lowest BCUT2D eigenvalue weighted by molar-refractivity contribution is 0.409. The molecule has 19 heavy (non-hydrogen) atoms. The van der Waals surface area contributed by atoms with Crippen molar-refractivity contribution in [1.29, 1.82) is 0 Å². The molecule has 0 aliphatic heterocycles. The van der Waals surface area contributed by atoms with Gasteiger partial charge in [0.25, 0.3) is 0 Å². The summed E-state index contributed by atoms with van der Waals surface area (Å²) in [5, 5.41) is -0.0925. The Labute approximate surface area is 135 Å². The molecule has 1 nitrogen and oxygen atoms in total. The summed E-state index contributed by atoms with van der Waals surface area (Å²) < 4.78 is 7.38. The molecule has 1 unspecified atom stereocenters. The highest BCUT2D eigenvalue weighted by atomic mass is 79.9. The van der Waals surface area contributed by atoms with Crippen LogP contribution in [0.3, 0.4) is 0 Å². The number of halogens is 3. The third-order valence-electron chi connectivity index (χ3n) is 2.84. The summed E-state index contributed by atoms with van der Waals surface area (Å²) in [5.41, 5.74) is 2.19. The maximum absolute atomic E-state index is 6.52. The zero-order chi connectivity index (χ0) is 13.8. The number of alkyl halides is 1. The van der Waals surface area contributed by atoms with E-state index >= 15 is 0 Å². The van der Waals surface area contributed by atoms with Gasteiger partial charge >= 0.3 is 0 Å². The van der Waals surface area contributed by atoms with Gasteiger partial charge < -0.3 is 4.74 Å². The largest absolute Gasteiger partial charge is 0.496 e. The van der Waals surface area contributed by atoms with Gasteiger partial charge in [-0.3, -0.25) is 0 Å². The highest BCUT2D eigenvalue weighted by molar-refractivity contribution is 9.11. The lowest BCUT2D eigenvalue weighted by Crippen LogP contribution is -1.98. The Kier molecular flexibility index (Phi) is 5.31. The molecule has 0 aliphatic carbocycles. The molecule has 0 heterocycles. The second kappa shape index (κ2) is 6.78. The summed E-state index contributed by atoms with van der Waals surface area (Å²) >= 11 is 13.5. The second-order valence-electron chi connectivity index (χ2n) is 4.19. The van der Waals surface area contributed by atoms with Gasteiger partial charge in [-0.1, -0.05) is 50.1 Å². The van der Waals surface area contributed by atoms with E-state index in [2.05, 4.69) is 31.9 Å². The number of hydrogen-bond acceptors (Lipinski definition) is 1. The Morgan fingerprint density at radius 3 is 2.37 bits per heavy atom. The van der Waals surface area contributed by atoms with Crippen molar-refractivity contribution in [3.05, 3.63) is 62.5 Å². The van der Waals surface area contributed by atoms with E-state index in [0.29, 0.717) is 0 Å². The van der Waals surface area contributed by atoms with Crippen LogP contribution in [0.5, 0.6) is 5.75 Å². The van der Waals surface area contributed by atoms with Gasteiger partial charge in [0.1, 0.15) is 5.75 Å². The van der Waals surface area contributed by atoms with E-state index in [1.165, 1.54) is 0 Å². The van der Waals surface area contributed by atoms with E-state index in [-0.39, 0.29) is 5.38 Å². The highest BCUT2D eigenvalue weighted by Crippen LogP contribution is 2.32. The molecular weight excluding hydrogens is 391 g/mol. The molecule has 0 bridgehead atoms. The van der Waals surface area contributed by atoms with E-state index in [1.54, 1.807) is 7.11 Å².